The highest BCUT2D eigenvalue weighted by molar-refractivity contribution is 7.89. The molecule has 210 valence electrons. The Morgan fingerprint density at radius 2 is 1.84 bits per heavy atom. The Hall–Kier alpha value is -2.89. The number of nitrogens with one attached hydrogen (secondary N) is 1. The van der Waals surface area contributed by atoms with Gasteiger partial charge in [0, 0.05) is 25.4 Å². The van der Waals surface area contributed by atoms with Gasteiger partial charge in [0.15, 0.2) is 0 Å². The number of rotatable bonds is 13. The molecule has 1 aromatic heterocycles. The first kappa shape index (κ1) is 29.7. The molecule has 0 bridgehead atoms. The Labute approximate surface area is 220 Å². The molecule has 0 aliphatic heterocycles. The average molecular weight is 560 g/mol. The molecule has 0 saturated heterocycles. The Bertz CT molecular complexity index is 1250. The van der Waals surface area contributed by atoms with E-state index in [4.69, 9.17) is 4.74 Å². The van der Waals surface area contributed by atoms with Crippen molar-refractivity contribution in [1.29, 1.82) is 0 Å². The largest absolute Gasteiger partial charge is 0.493 e. The van der Waals surface area contributed by atoms with Crippen LogP contribution >= 0.6 is 0 Å². The highest BCUT2D eigenvalue weighted by Gasteiger charge is 2.33. The molecule has 2 aromatic rings. The van der Waals surface area contributed by atoms with Crippen molar-refractivity contribution >= 4 is 21.7 Å². The number of halogens is 4. The molecule has 1 aliphatic carbocycles. The van der Waals surface area contributed by atoms with E-state index in [0.717, 1.165) is 44.1 Å². The van der Waals surface area contributed by atoms with Gasteiger partial charge in [-0.2, -0.15) is 13.2 Å². The summed E-state index contributed by atoms with van der Waals surface area (Å²) in [6.45, 7) is 4.67. The van der Waals surface area contributed by atoms with Crippen LogP contribution in [0.4, 0.5) is 23.4 Å². The summed E-state index contributed by atoms with van der Waals surface area (Å²) in [4.78, 5) is 18.3. The first-order valence-corrected chi connectivity index (χ1v) is 14.5. The zero-order chi connectivity index (χ0) is 28.1. The third-order valence-electron chi connectivity index (χ3n) is 6.22. The third kappa shape index (κ3) is 8.31. The van der Waals surface area contributed by atoms with Gasteiger partial charge >= 0.3 is 6.18 Å². The van der Waals surface area contributed by atoms with E-state index in [1.807, 2.05) is 11.8 Å². The zero-order valence-corrected chi connectivity index (χ0v) is 22.5. The van der Waals surface area contributed by atoms with Crippen LogP contribution in [0, 0.1) is 12.7 Å². The molecule has 12 heteroatoms. The molecule has 38 heavy (non-hydrogen) atoms. The first-order chi connectivity index (χ1) is 17.8. The maximum absolute atomic E-state index is 14.6. The third-order valence-corrected chi connectivity index (χ3v) is 6.78. The highest BCUT2D eigenvalue weighted by atomic mass is 32.2. The van der Waals surface area contributed by atoms with E-state index < -0.39 is 33.5 Å². The molecule has 7 nitrogen and oxygen atoms in total. The van der Waals surface area contributed by atoms with E-state index >= 15 is 0 Å². The Morgan fingerprint density at radius 3 is 2.45 bits per heavy atom. The lowest BCUT2D eigenvalue weighted by Gasteiger charge is -2.25. The molecule has 0 radical (unpaired) electrons. The molecule has 1 heterocycles. The average Bonchev–Trinajstić information content (AvgIpc) is 3.65. The molecule has 1 aliphatic rings. The van der Waals surface area contributed by atoms with E-state index in [1.54, 1.807) is 4.72 Å². The van der Waals surface area contributed by atoms with E-state index in [9.17, 15) is 30.8 Å². The molecule has 1 aromatic carbocycles. The number of sulfonamides is 1. The summed E-state index contributed by atoms with van der Waals surface area (Å²) in [5.74, 6) is -1.24. The van der Waals surface area contributed by atoms with Crippen LogP contribution < -0.4 is 14.4 Å². The number of unbranched alkanes of at least 4 members (excludes halogenated alkanes) is 2. The number of alkyl halides is 3. The minimum atomic E-state index is -4.46. The molecule has 1 amide bonds. The lowest BCUT2D eigenvalue weighted by molar-refractivity contribution is -0.138. The van der Waals surface area contributed by atoms with Gasteiger partial charge in [0.05, 0.1) is 24.0 Å². The second-order valence-electron chi connectivity index (χ2n) is 9.60. The van der Waals surface area contributed by atoms with Crippen molar-refractivity contribution in [3.05, 3.63) is 52.5 Å². The number of hydrogen-bond donors (Lipinski definition) is 1. The van der Waals surface area contributed by atoms with Crippen molar-refractivity contribution in [2.24, 2.45) is 0 Å². The van der Waals surface area contributed by atoms with E-state index in [-0.39, 0.29) is 29.5 Å². The van der Waals surface area contributed by atoms with Crippen LogP contribution in [0.3, 0.4) is 0 Å². The molecule has 3 rings (SSSR count). The van der Waals surface area contributed by atoms with Crippen molar-refractivity contribution < 1.29 is 35.5 Å². The maximum atomic E-state index is 14.6. The van der Waals surface area contributed by atoms with E-state index in [1.165, 1.54) is 19.2 Å². The Morgan fingerprint density at radius 1 is 1.16 bits per heavy atom. The van der Waals surface area contributed by atoms with Crippen molar-refractivity contribution in [3.8, 4) is 5.75 Å². The van der Waals surface area contributed by atoms with Crippen LogP contribution in [-0.2, 0) is 16.2 Å². The molecule has 0 atom stereocenters. The molecule has 1 saturated carbocycles. The van der Waals surface area contributed by atoms with Gasteiger partial charge < -0.3 is 9.64 Å². The van der Waals surface area contributed by atoms with Crippen molar-refractivity contribution in [3.63, 3.8) is 0 Å². The van der Waals surface area contributed by atoms with Gasteiger partial charge in [0.25, 0.3) is 5.91 Å². The minimum Gasteiger partial charge on any atom is -0.493 e. The van der Waals surface area contributed by atoms with Gasteiger partial charge in [0.2, 0.25) is 10.0 Å². The SMILES string of the molecule is CCCCN(CCCCOc1cc(F)c(C(=O)NS(C)(=O)=O)cc1C1CC1)c1cc(C(F)(F)F)c(C)cn1. The predicted molar refractivity (Wildman–Crippen MR) is 137 cm³/mol. The van der Waals surface area contributed by atoms with E-state index in [2.05, 4.69) is 4.98 Å². The minimum absolute atomic E-state index is 0.0728. The first-order valence-electron chi connectivity index (χ1n) is 12.6. The molecule has 0 unspecified atom stereocenters. The summed E-state index contributed by atoms with van der Waals surface area (Å²) < 4.78 is 85.1. The van der Waals surface area contributed by atoms with Gasteiger partial charge in [0.1, 0.15) is 17.4 Å². The number of benzene rings is 1. The molecule has 1 N–H and O–H groups in total. The fourth-order valence-electron chi connectivity index (χ4n) is 4.08. The monoisotopic (exact) mass is 559 g/mol. The molecule has 1 fully saturated rings. The summed E-state index contributed by atoms with van der Waals surface area (Å²) in [6, 6.07) is 3.54. The number of carbonyl (C=O) groups is 1. The van der Waals surface area contributed by atoms with Crippen LogP contribution in [0.2, 0.25) is 0 Å². The smallest absolute Gasteiger partial charge is 0.416 e. The van der Waals surface area contributed by atoms with Gasteiger partial charge in [-0.1, -0.05) is 13.3 Å². The quantitative estimate of drug-likeness (QED) is 0.255. The fourth-order valence-corrected chi connectivity index (χ4v) is 4.52. The lowest BCUT2D eigenvalue weighted by atomic mass is 10.0. The van der Waals surface area contributed by atoms with Crippen LogP contribution in [0.15, 0.2) is 24.4 Å². The molecule has 0 spiro atoms. The van der Waals surface area contributed by atoms with Crippen molar-refractivity contribution in [1.82, 2.24) is 9.71 Å². The standard InChI is InChI=1S/C26H33F4N3O4S/c1-4-5-10-33(24-14-21(26(28,29)30)17(2)16-31-24)11-6-7-12-37-23-15-22(27)20(13-19(23)18-8-9-18)25(34)32-38(3,35)36/h13-16,18H,4-12H2,1-3H3,(H,32,34). The summed E-state index contributed by atoms with van der Waals surface area (Å²) in [7, 11) is -3.84. The summed E-state index contributed by atoms with van der Waals surface area (Å²) >= 11 is 0. The lowest BCUT2D eigenvalue weighted by Crippen LogP contribution is -2.30. The Kier molecular flexibility index (Phi) is 9.61. The number of nitrogens with zero attached hydrogens (tertiary/aromatic N) is 2. The number of anilines is 1. The number of carbonyl (C=O) groups excluding carboxylic acids is 1. The van der Waals surface area contributed by atoms with Crippen molar-refractivity contribution in [2.45, 2.75) is 64.5 Å². The fraction of sp³-hybridized carbons (Fsp3) is 0.538. The topological polar surface area (TPSA) is 88.6 Å². The summed E-state index contributed by atoms with van der Waals surface area (Å²) in [5, 5.41) is 0. The van der Waals surface area contributed by atoms with E-state index in [0.29, 0.717) is 37.2 Å². The van der Waals surface area contributed by atoms with Crippen LogP contribution in [0.5, 0.6) is 5.75 Å². The summed E-state index contributed by atoms with van der Waals surface area (Å²) in [5.41, 5.74) is -0.336. The predicted octanol–water partition coefficient (Wildman–Crippen LogP) is 5.58. The van der Waals surface area contributed by atoms with Gasteiger partial charge in [-0.3, -0.25) is 4.79 Å². The van der Waals surface area contributed by atoms with Crippen molar-refractivity contribution in [2.75, 3.05) is 30.9 Å². The van der Waals surface area contributed by atoms with Crippen LogP contribution in [0.25, 0.3) is 0 Å². The second-order valence-corrected chi connectivity index (χ2v) is 11.3. The van der Waals surface area contributed by atoms with Gasteiger partial charge in [-0.05, 0) is 68.2 Å². The second kappa shape index (κ2) is 12.3. The normalized spacial score (nSPS) is 13.9. The van der Waals surface area contributed by atoms with Crippen LogP contribution in [0.1, 0.15) is 78.4 Å². The number of aryl methyl sites for hydroxylation is 1. The van der Waals surface area contributed by atoms with Gasteiger partial charge in [-0.15, -0.1) is 0 Å². The summed E-state index contributed by atoms with van der Waals surface area (Å²) in [6.07, 6.45) is 2.16. The number of ether oxygens (including phenoxy) is 1. The molecular formula is C26H33F4N3O4S. The highest BCUT2D eigenvalue weighted by Crippen LogP contribution is 2.45. The molecular weight excluding hydrogens is 526 g/mol. The number of hydrogen-bond acceptors (Lipinski definition) is 6. The van der Waals surface area contributed by atoms with Gasteiger partial charge in [-0.25, -0.2) is 22.5 Å². The number of amides is 1. The number of aromatic nitrogens is 1. The number of pyridine rings is 1. The Balaban J connectivity index is 1.64. The maximum Gasteiger partial charge on any atom is 0.416 e. The van der Waals surface area contributed by atoms with Crippen LogP contribution in [-0.4, -0.2) is 45.3 Å². The zero-order valence-electron chi connectivity index (χ0n) is 21.7.